The molecule has 2 aromatic rings. The fraction of sp³-hybridized carbons (Fsp3) is 0.529. The van der Waals surface area contributed by atoms with Gasteiger partial charge in [0.15, 0.2) is 0 Å². The summed E-state index contributed by atoms with van der Waals surface area (Å²) in [6.07, 6.45) is 6.75. The van der Waals surface area contributed by atoms with Crippen LogP contribution in [0, 0.1) is 6.92 Å². The fourth-order valence-corrected chi connectivity index (χ4v) is 3.51. The Hall–Kier alpha value is -1.20. The number of aromatic nitrogens is 2. The Kier molecular flexibility index (Phi) is 4.64. The first kappa shape index (κ1) is 15.7. The average Bonchev–Trinajstić information content (AvgIpc) is 2.49. The number of hydrogen-bond acceptors (Lipinski definition) is 4. The lowest BCUT2D eigenvalue weighted by Crippen LogP contribution is -2.36. The summed E-state index contributed by atoms with van der Waals surface area (Å²) >= 11 is 3.56. The molecule has 1 aliphatic rings. The summed E-state index contributed by atoms with van der Waals surface area (Å²) in [7, 11) is 4.34. The molecule has 0 saturated heterocycles. The Balaban J connectivity index is 1.71. The van der Waals surface area contributed by atoms with Crippen LogP contribution in [0.15, 0.2) is 22.8 Å². The number of fused-ring (bicyclic) bond motifs is 1. The number of benzene rings is 1. The van der Waals surface area contributed by atoms with Crippen molar-refractivity contribution in [3.8, 4) is 0 Å². The number of halogens is 1. The zero-order valence-electron chi connectivity index (χ0n) is 13.4. The molecule has 0 aliphatic heterocycles. The molecular formula is C17H23BrN4. The van der Waals surface area contributed by atoms with E-state index in [1.165, 1.54) is 31.2 Å². The second kappa shape index (κ2) is 6.50. The number of hydrogen-bond donors (Lipinski definition) is 1. The summed E-state index contributed by atoms with van der Waals surface area (Å²) in [4.78, 5) is 11.5. The van der Waals surface area contributed by atoms with Gasteiger partial charge in [0.2, 0.25) is 5.95 Å². The third-order valence-corrected chi connectivity index (χ3v) is 5.47. The summed E-state index contributed by atoms with van der Waals surface area (Å²) in [5.41, 5.74) is 2.20. The van der Waals surface area contributed by atoms with Crippen LogP contribution in [0.25, 0.3) is 10.9 Å². The second-order valence-electron chi connectivity index (χ2n) is 6.47. The molecule has 0 radical (unpaired) electrons. The monoisotopic (exact) mass is 362 g/mol. The molecule has 1 N–H and O–H groups in total. The smallest absolute Gasteiger partial charge is 0.223 e. The van der Waals surface area contributed by atoms with Gasteiger partial charge in [-0.1, -0.05) is 15.9 Å². The number of anilines is 1. The summed E-state index contributed by atoms with van der Waals surface area (Å²) < 4.78 is 1.10. The van der Waals surface area contributed by atoms with E-state index in [1.54, 1.807) is 0 Å². The van der Waals surface area contributed by atoms with Crippen LogP contribution in [0.4, 0.5) is 5.95 Å². The molecule has 0 atom stereocenters. The van der Waals surface area contributed by atoms with Crippen molar-refractivity contribution in [1.29, 1.82) is 0 Å². The molecule has 1 aromatic heterocycles. The lowest BCUT2D eigenvalue weighted by molar-refractivity contribution is 0.221. The number of rotatable bonds is 3. The molecule has 1 aromatic carbocycles. The molecular weight excluding hydrogens is 340 g/mol. The lowest BCUT2D eigenvalue weighted by atomic mass is 9.91. The Labute approximate surface area is 140 Å². The quantitative estimate of drug-likeness (QED) is 0.896. The Morgan fingerprint density at radius 3 is 2.59 bits per heavy atom. The van der Waals surface area contributed by atoms with Crippen molar-refractivity contribution in [1.82, 2.24) is 14.9 Å². The average molecular weight is 363 g/mol. The van der Waals surface area contributed by atoms with E-state index < -0.39 is 0 Å². The Morgan fingerprint density at radius 1 is 1.18 bits per heavy atom. The van der Waals surface area contributed by atoms with Crippen LogP contribution in [0.3, 0.4) is 0 Å². The van der Waals surface area contributed by atoms with Crippen LogP contribution >= 0.6 is 15.9 Å². The molecule has 4 nitrogen and oxygen atoms in total. The summed E-state index contributed by atoms with van der Waals surface area (Å²) in [6.45, 7) is 2.08. The van der Waals surface area contributed by atoms with Gasteiger partial charge in [0.1, 0.15) is 0 Å². The molecule has 1 fully saturated rings. The van der Waals surface area contributed by atoms with Crippen LogP contribution in [0.5, 0.6) is 0 Å². The molecule has 1 saturated carbocycles. The maximum Gasteiger partial charge on any atom is 0.223 e. The van der Waals surface area contributed by atoms with Crippen LogP contribution in [-0.4, -0.2) is 41.0 Å². The van der Waals surface area contributed by atoms with E-state index in [2.05, 4.69) is 69.3 Å². The number of nitrogens with one attached hydrogen (secondary N) is 1. The highest BCUT2D eigenvalue weighted by Gasteiger charge is 2.22. The van der Waals surface area contributed by atoms with Crippen molar-refractivity contribution in [2.24, 2.45) is 0 Å². The molecule has 118 valence electrons. The molecule has 3 rings (SSSR count). The van der Waals surface area contributed by atoms with E-state index in [0.29, 0.717) is 6.04 Å². The SMILES string of the molecule is Cc1cc2nc(NC3CCC(N(C)C)CC3)ncc2cc1Br. The first-order valence-electron chi connectivity index (χ1n) is 7.89. The van der Waals surface area contributed by atoms with Gasteiger partial charge in [-0.2, -0.15) is 0 Å². The van der Waals surface area contributed by atoms with Gasteiger partial charge in [0.25, 0.3) is 0 Å². The highest BCUT2D eigenvalue weighted by Crippen LogP contribution is 2.25. The van der Waals surface area contributed by atoms with Crippen LogP contribution in [-0.2, 0) is 0 Å². The fourth-order valence-electron chi connectivity index (χ4n) is 3.14. The van der Waals surface area contributed by atoms with E-state index >= 15 is 0 Å². The van der Waals surface area contributed by atoms with Crippen molar-refractivity contribution in [3.63, 3.8) is 0 Å². The van der Waals surface area contributed by atoms with Gasteiger partial charge in [-0.15, -0.1) is 0 Å². The van der Waals surface area contributed by atoms with Crippen LogP contribution in [0.2, 0.25) is 0 Å². The highest BCUT2D eigenvalue weighted by atomic mass is 79.9. The molecule has 1 heterocycles. The van der Waals surface area contributed by atoms with Gasteiger partial charge in [-0.25, -0.2) is 9.97 Å². The molecule has 22 heavy (non-hydrogen) atoms. The minimum Gasteiger partial charge on any atom is -0.351 e. The van der Waals surface area contributed by atoms with Crippen molar-refractivity contribution in [2.45, 2.75) is 44.7 Å². The van der Waals surface area contributed by atoms with Gasteiger partial charge in [-0.05, 0) is 64.4 Å². The zero-order valence-corrected chi connectivity index (χ0v) is 15.0. The molecule has 1 aliphatic carbocycles. The largest absolute Gasteiger partial charge is 0.351 e. The molecule has 0 unspecified atom stereocenters. The molecule has 5 heteroatoms. The van der Waals surface area contributed by atoms with Crippen LogP contribution in [0.1, 0.15) is 31.2 Å². The van der Waals surface area contributed by atoms with E-state index in [4.69, 9.17) is 0 Å². The highest BCUT2D eigenvalue weighted by molar-refractivity contribution is 9.10. The molecule has 0 spiro atoms. The predicted molar refractivity (Wildman–Crippen MR) is 95.3 cm³/mol. The normalized spacial score (nSPS) is 22.2. The number of aryl methyl sites for hydroxylation is 1. The first-order chi connectivity index (χ1) is 10.5. The third kappa shape index (κ3) is 3.41. The topological polar surface area (TPSA) is 41.1 Å². The molecule has 0 bridgehead atoms. The van der Waals surface area contributed by atoms with Gasteiger partial charge >= 0.3 is 0 Å². The third-order valence-electron chi connectivity index (χ3n) is 4.62. The Bertz CT molecular complexity index is 663. The number of nitrogens with zero attached hydrogens (tertiary/aromatic N) is 3. The van der Waals surface area contributed by atoms with Crippen molar-refractivity contribution >= 4 is 32.8 Å². The standard InChI is InChI=1S/C17H23BrN4/c1-11-8-16-12(9-15(11)18)10-19-17(21-16)20-13-4-6-14(7-5-13)22(2)3/h8-10,13-14H,4-7H2,1-3H3,(H,19,20,21). The summed E-state index contributed by atoms with van der Waals surface area (Å²) in [5, 5.41) is 4.58. The van der Waals surface area contributed by atoms with E-state index in [1.807, 2.05) is 6.20 Å². The van der Waals surface area contributed by atoms with Gasteiger partial charge in [0.05, 0.1) is 5.52 Å². The minimum absolute atomic E-state index is 0.491. The van der Waals surface area contributed by atoms with Crippen molar-refractivity contribution in [2.75, 3.05) is 19.4 Å². The van der Waals surface area contributed by atoms with Gasteiger partial charge in [0, 0.05) is 28.1 Å². The molecule has 0 amide bonds. The zero-order chi connectivity index (χ0) is 15.7. The second-order valence-corrected chi connectivity index (χ2v) is 7.32. The minimum atomic E-state index is 0.491. The summed E-state index contributed by atoms with van der Waals surface area (Å²) in [6, 6.07) is 5.40. The maximum atomic E-state index is 4.67. The van der Waals surface area contributed by atoms with E-state index in [9.17, 15) is 0 Å². The first-order valence-corrected chi connectivity index (χ1v) is 8.68. The van der Waals surface area contributed by atoms with Crippen molar-refractivity contribution in [3.05, 3.63) is 28.4 Å². The van der Waals surface area contributed by atoms with Gasteiger partial charge in [-0.3, -0.25) is 0 Å². The van der Waals surface area contributed by atoms with Crippen molar-refractivity contribution < 1.29 is 0 Å². The van der Waals surface area contributed by atoms with E-state index in [0.717, 1.165) is 27.4 Å². The predicted octanol–water partition coefficient (Wildman–Crippen LogP) is 3.99. The Morgan fingerprint density at radius 2 is 1.91 bits per heavy atom. The van der Waals surface area contributed by atoms with E-state index in [-0.39, 0.29) is 0 Å². The van der Waals surface area contributed by atoms with Gasteiger partial charge < -0.3 is 10.2 Å². The summed E-state index contributed by atoms with van der Waals surface area (Å²) in [5.74, 6) is 0.752. The lowest BCUT2D eigenvalue weighted by Gasteiger charge is -2.32. The maximum absolute atomic E-state index is 4.67. The van der Waals surface area contributed by atoms with Crippen LogP contribution < -0.4 is 5.32 Å².